The monoisotopic (exact) mass is 265 g/mol. The molecular weight excluding hydrogens is 254 g/mol. The van der Waals surface area contributed by atoms with Crippen LogP contribution in [0.25, 0.3) is 0 Å². The molecule has 0 aliphatic heterocycles. The summed E-state index contributed by atoms with van der Waals surface area (Å²) in [5.41, 5.74) is 0. The third-order valence-electron chi connectivity index (χ3n) is 1.84. The zero-order valence-electron chi connectivity index (χ0n) is 8.59. The molecule has 0 aliphatic carbocycles. The number of aliphatic hydroxyl groups excluding tert-OH is 1. The fourth-order valence-corrected chi connectivity index (χ4v) is 1.99. The Morgan fingerprint density at radius 3 is 2.56 bits per heavy atom. The normalized spacial score (nSPS) is 13.7. The summed E-state index contributed by atoms with van der Waals surface area (Å²) in [4.78, 5) is 7.10. The van der Waals surface area contributed by atoms with Gasteiger partial charge in [-0.05, 0) is 17.5 Å². The van der Waals surface area contributed by atoms with Crippen molar-refractivity contribution in [2.45, 2.75) is 11.8 Å². The Hall–Kier alpha value is -0.760. The highest BCUT2D eigenvalue weighted by Gasteiger charge is 2.15. The smallest absolute Gasteiger partial charge is 0.243 e. The molecule has 0 radical (unpaired) electrons. The molecule has 0 saturated carbocycles. The van der Waals surface area contributed by atoms with Crippen molar-refractivity contribution in [3.63, 3.8) is 0 Å². The van der Waals surface area contributed by atoms with Crippen LogP contribution < -0.4 is 4.72 Å². The van der Waals surface area contributed by atoms with Crippen LogP contribution in [-0.4, -0.2) is 36.6 Å². The zero-order chi connectivity index (χ0) is 12.2. The molecule has 0 fully saturated rings. The molecule has 8 heteroatoms. The van der Waals surface area contributed by atoms with Crippen molar-refractivity contribution < 1.29 is 13.5 Å². The van der Waals surface area contributed by atoms with Crippen LogP contribution in [0.1, 0.15) is 6.92 Å². The highest BCUT2D eigenvalue weighted by molar-refractivity contribution is 7.89. The van der Waals surface area contributed by atoms with Crippen molar-refractivity contribution >= 4 is 21.6 Å². The van der Waals surface area contributed by atoms with Crippen molar-refractivity contribution in [1.82, 2.24) is 14.7 Å². The molecule has 0 spiro atoms. The average molecular weight is 266 g/mol. The SMILES string of the molecule is CC(CO)CNS(=O)(=O)c1cnc(Cl)nc1. The second-order valence-corrected chi connectivity index (χ2v) is 5.43. The molecule has 1 aromatic heterocycles. The molecule has 0 bridgehead atoms. The molecule has 1 unspecified atom stereocenters. The van der Waals surface area contributed by atoms with Crippen molar-refractivity contribution in [1.29, 1.82) is 0 Å². The van der Waals surface area contributed by atoms with Gasteiger partial charge in [-0.1, -0.05) is 6.92 Å². The Morgan fingerprint density at radius 1 is 1.50 bits per heavy atom. The Balaban J connectivity index is 2.74. The third kappa shape index (κ3) is 3.67. The van der Waals surface area contributed by atoms with E-state index in [-0.39, 0.29) is 29.2 Å². The van der Waals surface area contributed by atoms with E-state index < -0.39 is 10.0 Å². The summed E-state index contributed by atoms with van der Waals surface area (Å²) in [5.74, 6) is -0.150. The Morgan fingerprint density at radius 2 is 2.06 bits per heavy atom. The number of aromatic nitrogens is 2. The van der Waals surface area contributed by atoms with Gasteiger partial charge in [0.1, 0.15) is 4.90 Å². The molecule has 6 nitrogen and oxygen atoms in total. The lowest BCUT2D eigenvalue weighted by molar-refractivity contribution is 0.238. The van der Waals surface area contributed by atoms with Crippen LogP contribution >= 0.6 is 11.6 Å². The standard InChI is InChI=1S/C8H12ClN3O3S/c1-6(5-13)2-12-16(14,15)7-3-10-8(9)11-4-7/h3-4,6,12-13H,2,5H2,1H3. The Kier molecular flexibility index (Phi) is 4.60. The van der Waals surface area contributed by atoms with Crippen molar-refractivity contribution in [3.05, 3.63) is 17.7 Å². The number of halogens is 1. The van der Waals surface area contributed by atoms with Crippen LogP contribution in [0.3, 0.4) is 0 Å². The van der Waals surface area contributed by atoms with Crippen LogP contribution in [0.2, 0.25) is 5.28 Å². The number of hydrogen-bond acceptors (Lipinski definition) is 5. The van der Waals surface area contributed by atoms with Gasteiger partial charge in [-0.15, -0.1) is 0 Å². The number of nitrogens with zero attached hydrogens (tertiary/aromatic N) is 2. The van der Waals surface area contributed by atoms with E-state index in [4.69, 9.17) is 16.7 Å². The van der Waals surface area contributed by atoms with Crippen LogP contribution in [0, 0.1) is 5.92 Å². The predicted molar refractivity (Wildman–Crippen MR) is 58.5 cm³/mol. The fourth-order valence-electron chi connectivity index (χ4n) is 0.839. The van der Waals surface area contributed by atoms with Gasteiger partial charge in [-0.3, -0.25) is 0 Å². The molecule has 0 amide bonds. The van der Waals surface area contributed by atoms with Crippen LogP contribution in [0.4, 0.5) is 0 Å². The number of sulfonamides is 1. The zero-order valence-corrected chi connectivity index (χ0v) is 10.2. The lowest BCUT2D eigenvalue weighted by Gasteiger charge is -2.09. The van der Waals surface area contributed by atoms with Crippen LogP contribution in [0.5, 0.6) is 0 Å². The van der Waals surface area contributed by atoms with E-state index in [9.17, 15) is 8.42 Å². The minimum atomic E-state index is -3.63. The summed E-state index contributed by atoms with van der Waals surface area (Å²) < 4.78 is 25.6. The summed E-state index contributed by atoms with van der Waals surface area (Å²) in [7, 11) is -3.63. The maximum atomic E-state index is 11.6. The first-order chi connectivity index (χ1) is 7.45. The molecular formula is C8H12ClN3O3S. The summed E-state index contributed by atoms with van der Waals surface area (Å²) in [6.45, 7) is 1.79. The lowest BCUT2D eigenvalue weighted by atomic mass is 10.2. The first kappa shape index (κ1) is 13.3. The molecule has 90 valence electrons. The largest absolute Gasteiger partial charge is 0.396 e. The molecule has 1 aromatic rings. The molecule has 0 saturated heterocycles. The van der Waals surface area contributed by atoms with Gasteiger partial charge < -0.3 is 5.11 Å². The lowest BCUT2D eigenvalue weighted by Crippen LogP contribution is -2.29. The van der Waals surface area contributed by atoms with Crippen LogP contribution in [0.15, 0.2) is 17.3 Å². The Labute approximate surface area is 98.7 Å². The van der Waals surface area contributed by atoms with E-state index in [1.807, 2.05) is 0 Å². The second kappa shape index (κ2) is 5.53. The van der Waals surface area contributed by atoms with Crippen LogP contribution in [-0.2, 0) is 10.0 Å². The predicted octanol–water partition coefficient (Wildman–Crippen LogP) is 0.0367. The second-order valence-electron chi connectivity index (χ2n) is 3.33. The summed E-state index contributed by atoms with van der Waals surface area (Å²) >= 11 is 5.44. The first-order valence-electron chi connectivity index (χ1n) is 4.54. The van der Waals surface area contributed by atoms with Gasteiger partial charge in [0.05, 0.1) is 12.4 Å². The molecule has 0 aromatic carbocycles. The highest BCUT2D eigenvalue weighted by Crippen LogP contribution is 2.07. The van der Waals surface area contributed by atoms with E-state index in [0.717, 1.165) is 12.4 Å². The fraction of sp³-hybridized carbons (Fsp3) is 0.500. The van der Waals surface area contributed by atoms with Gasteiger partial charge in [0.15, 0.2) is 0 Å². The first-order valence-corrected chi connectivity index (χ1v) is 6.40. The summed E-state index contributed by atoms with van der Waals surface area (Å²) in [5, 5.41) is 8.75. The van der Waals surface area contributed by atoms with Gasteiger partial charge in [0, 0.05) is 13.2 Å². The average Bonchev–Trinajstić information content (AvgIpc) is 2.26. The topological polar surface area (TPSA) is 92.2 Å². The number of nitrogens with one attached hydrogen (secondary N) is 1. The minimum Gasteiger partial charge on any atom is -0.396 e. The van der Waals surface area contributed by atoms with E-state index in [2.05, 4.69) is 14.7 Å². The van der Waals surface area contributed by atoms with Gasteiger partial charge in [0.2, 0.25) is 15.3 Å². The van der Waals surface area contributed by atoms with Crippen molar-refractivity contribution in [3.8, 4) is 0 Å². The number of aliphatic hydroxyl groups is 1. The number of hydrogen-bond donors (Lipinski definition) is 2. The molecule has 0 aliphatic rings. The maximum Gasteiger partial charge on any atom is 0.243 e. The van der Waals surface area contributed by atoms with E-state index in [1.54, 1.807) is 6.92 Å². The number of rotatable bonds is 5. The van der Waals surface area contributed by atoms with Gasteiger partial charge in [-0.2, -0.15) is 0 Å². The van der Waals surface area contributed by atoms with E-state index in [0.29, 0.717) is 0 Å². The molecule has 16 heavy (non-hydrogen) atoms. The third-order valence-corrected chi connectivity index (χ3v) is 3.41. The van der Waals surface area contributed by atoms with Gasteiger partial charge in [0.25, 0.3) is 0 Å². The van der Waals surface area contributed by atoms with Crippen molar-refractivity contribution in [2.24, 2.45) is 5.92 Å². The minimum absolute atomic E-state index is 0.0114. The van der Waals surface area contributed by atoms with E-state index >= 15 is 0 Å². The van der Waals surface area contributed by atoms with Gasteiger partial charge in [-0.25, -0.2) is 23.1 Å². The molecule has 1 heterocycles. The quantitative estimate of drug-likeness (QED) is 0.733. The highest BCUT2D eigenvalue weighted by atomic mass is 35.5. The van der Waals surface area contributed by atoms with Crippen molar-refractivity contribution in [2.75, 3.05) is 13.2 Å². The molecule has 1 atom stereocenters. The van der Waals surface area contributed by atoms with E-state index in [1.165, 1.54) is 0 Å². The molecule has 2 N–H and O–H groups in total. The maximum absolute atomic E-state index is 11.6. The molecule has 1 rings (SSSR count). The summed E-state index contributed by atoms with van der Waals surface area (Å²) in [6.07, 6.45) is 2.25. The Bertz CT molecular complexity index is 434. The van der Waals surface area contributed by atoms with Gasteiger partial charge >= 0.3 is 0 Å². The summed E-state index contributed by atoms with van der Waals surface area (Å²) in [6, 6.07) is 0.